The molecule has 1 aliphatic rings. The number of nitrogens with zero attached hydrogens (tertiary/aromatic N) is 4. The minimum Gasteiger partial charge on any atom is -0.444 e. The Balaban J connectivity index is 1.56. The molecule has 0 fully saturated rings. The summed E-state index contributed by atoms with van der Waals surface area (Å²) in [5, 5.41) is 9.71. The van der Waals surface area contributed by atoms with Gasteiger partial charge in [-0.2, -0.15) is 0 Å². The highest BCUT2D eigenvalue weighted by molar-refractivity contribution is 7.91. The van der Waals surface area contributed by atoms with Crippen molar-refractivity contribution in [2.75, 3.05) is 11.2 Å². The number of carbonyl (C=O) groups excluding carboxylic acids is 2. The van der Waals surface area contributed by atoms with Gasteiger partial charge >= 0.3 is 12.5 Å². The van der Waals surface area contributed by atoms with Crippen molar-refractivity contribution >= 4 is 27.5 Å². The van der Waals surface area contributed by atoms with Crippen LogP contribution in [0, 0.1) is 5.82 Å². The average molecular weight is 770 g/mol. The van der Waals surface area contributed by atoms with E-state index in [1.807, 2.05) is 0 Å². The molecule has 4 aromatic rings. The standard InChI is InChI=1S/C34H33F6N5O7S/c1-31(2,3)52-30(47)42-25-15-33(36,37)22-14-23(35)21(27-43-44-29(50-27)32(4,5)53(6,48)49)13-26(22)45(28(25)46)17-18-7-9-19(10-8-18)24-12-11-20(16-41-24)51-34(38,39)40/h7-14,16,25H,15,17H2,1-6H3,(H,42,47). The molecule has 0 radical (unpaired) electrons. The molecule has 2 amide bonds. The van der Waals surface area contributed by atoms with Gasteiger partial charge in [-0.15, -0.1) is 23.4 Å². The molecule has 5 rings (SSSR count). The van der Waals surface area contributed by atoms with E-state index >= 15 is 13.2 Å². The van der Waals surface area contributed by atoms with Crippen LogP contribution in [0.25, 0.3) is 22.7 Å². The first-order valence-corrected chi connectivity index (χ1v) is 17.6. The maximum atomic E-state index is 16.0. The highest BCUT2D eigenvalue weighted by atomic mass is 32.2. The monoisotopic (exact) mass is 769 g/mol. The van der Waals surface area contributed by atoms with E-state index in [-0.39, 0.29) is 5.69 Å². The van der Waals surface area contributed by atoms with Gasteiger partial charge in [-0.3, -0.25) is 9.78 Å². The number of anilines is 1. The van der Waals surface area contributed by atoms with Gasteiger partial charge in [0.25, 0.3) is 11.8 Å². The highest BCUT2D eigenvalue weighted by Crippen LogP contribution is 2.45. The largest absolute Gasteiger partial charge is 0.573 e. The van der Waals surface area contributed by atoms with E-state index in [1.165, 1.54) is 65.0 Å². The van der Waals surface area contributed by atoms with Gasteiger partial charge in [0.05, 0.1) is 29.7 Å². The smallest absolute Gasteiger partial charge is 0.444 e. The molecule has 3 heterocycles. The Morgan fingerprint density at radius 2 is 1.70 bits per heavy atom. The lowest BCUT2D eigenvalue weighted by molar-refractivity contribution is -0.274. The molecule has 19 heteroatoms. The van der Waals surface area contributed by atoms with Gasteiger partial charge in [0.1, 0.15) is 28.0 Å². The molecule has 0 saturated carbocycles. The van der Waals surface area contributed by atoms with Crippen LogP contribution in [0.4, 0.5) is 36.8 Å². The van der Waals surface area contributed by atoms with Crippen LogP contribution >= 0.6 is 0 Å². The number of hydrogen-bond donors (Lipinski definition) is 1. The maximum Gasteiger partial charge on any atom is 0.573 e. The number of alkyl carbamates (subject to hydrolysis) is 1. The lowest BCUT2D eigenvalue weighted by Crippen LogP contribution is -2.49. The Hall–Kier alpha value is -5.20. The topological polar surface area (TPSA) is 154 Å². The first-order valence-electron chi connectivity index (χ1n) is 15.7. The van der Waals surface area contributed by atoms with E-state index in [0.717, 1.165) is 29.5 Å². The minimum absolute atomic E-state index is 0.265. The summed E-state index contributed by atoms with van der Waals surface area (Å²) in [6, 6.07) is 7.97. The van der Waals surface area contributed by atoms with E-state index < -0.39 is 104 Å². The van der Waals surface area contributed by atoms with Crippen molar-refractivity contribution in [3.05, 3.63) is 77.6 Å². The van der Waals surface area contributed by atoms with Crippen LogP contribution in [0.5, 0.6) is 5.75 Å². The third kappa shape index (κ3) is 8.72. The summed E-state index contributed by atoms with van der Waals surface area (Å²) >= 11 is 0. The lowest BCUT2D eigenvalue weighted by Gasteiger charge is -2.27. The number of rotatable bonds is 8. The second kappa shape index (κ2) is 13.7. The number of pyridine rings is 1. The normalized spacial score (nSPS) is 16.5. The first-order chi connectivity index (χ1) is 24.3. The summed E-state index contributed by atoms with van der Waals surface area (Å²) in [6.07, 6.45) is -5.51. The predicted molar refractivity (Wildman–Crippen MR) is 177 cm³/mol. The summed E-state index contributed by atoms with van der Waals surface area (Å²) in [5.74, 6) is -7.64. The van der Waals surface area contributed by atoms with Gasteiger partial charge in [0.15, 0.2) is 9.84 Å². The number of carbonyl (C=O) groups is 2. The number of sulfone groups is 1. The van der Waals surface area contributed by atoms with Crippen LogP contribution < -0.4 is 15.0 Å². The van der Waals surface area contributed by atoms with Crippen LogP contribution in [0.1, 0.15) is 58.1 Å². The summed E-state index contributed by atoms with van der Waals surface area (Å²) in [5.41, 5.74) is -1.87. The average Bonchev–Trinajstić information content (AvgIpc) is 3.50. The number of alkyl halides is 5. The zero-order chi connectivity index (χ0) is 39.3. The number of amides is 2. The summed E-state index contributed by atoms with van der Waals surface area (Å²) in [4.78, 5) is 31.7. The van der Waals surface area contributed by atoms with Crippen LogP contribution in [0.2, 0.25) is 0 Å². The molecule has 1 N–H and O–H groups in total. The molecule has 0 saturated heterocycles. The molecule has 284 valence electrons. The number of fused-ring (bicyclic) bond motifs is 1. The number of aromatic nitrogens is 3. The molecule has 1 unspecified atom stereocenters. The lowest BCUT2D eigenvalue weighted by atomic mass is 9.99. The Morgan fingerprint density at radius 3 is 2.26 bits per heavy atom. The van der Waals surface area contributed by atoms with Gasteiger partial charge < -0.3 is 24.1 Å². The number of benzene rings is 2. The maximum absolute atomic E-state index is 16.0. The van der Waals surface area contributed by atoms with Crippen molar-refractivity contribution in [3.8, 4) is 28.5 Å². The van der Waals surface area contributed by atoms with Gasteiger partial charge in [-0.05, 0) is 64.4 Å². The third-order valence-corrected chi connectivity index (χ3v) is 10.2. The Labute approximate surface area is 299 Å². The van der Waals surface area contributed by atoms with E-state index in [2.05, 4.69) is 25.2 Å². The summed E-state index contributed by atoms with van der Waals surface area (Å²) in [7, 11) is -3.81. The molecule has 53 heavy (non-hydrogen) atoms. The summed E-state index contributed by atoms with van der Waals surface area (Å²) in [6.45, 7) is 6.77. The van der Waals surface area contributed by atoms with Crippen LogP contribution in [0.15, 0.2) is 59.1 Å². The highest BCUT2D eigenvalue weighted by Gasteiger charge is 2.47. The molecule has 0 bridgehead atoms. The second-order valence-corrected chi connectivity index (χ2v) is 16.3. The van der Waals surface area contributed by atoms with Gasteiger partial charge in [-0.25, -0.2) is 26.4 Å². The molecule has 2 aromatic carbocycles. The molecule has 2 aromatic heterocycles. The Kier molecular flexibility index (Phi) is 10.1. The van der Waals surface area contributed by atoms with Crippen LogP contribution in [-0.2, 0) is 36.6 Å². The van der Waals surface area contributed by atoms with E-state index in [9.17, 15) is 31.2 Å². The number of halogens is 6. The fraction of sp³-hybridized carbons (Fsp3) is 0.382. The van der Waals surface area contributed by atoms with Crippen molar-refractivity contribution in [3.63, 3.8) is 0 Å². The fourth-order valence-electron chi connectivity index (χ4n) is 5.17. The van der Waals surface area contributed by atoms with Crippen molar-refractivity contribution in [1.29, 1.82) is 0 Å². The molecule has 12 nitrogen and oxygen atoms in total. The number of nitrogens with one attached hydrogen (secondary N) is 1. The molecular formula is C34H33F6N5O7S. The molecular weight excluding hydrogens is 736 g/mol. The van der Waals surface area contributed by atoms with Crippen LogP contribution in [0.3, 0.4) is 0 Å². The van der Waals surface area contributed by atoms with Gasteiger partial charge in [-0.1, -0.05) is 24.3 Å². The van der Waals surface area contributed by atoms with E-state index in [4.69, 9.17) is 9.15 Å². The quantitative estimate of drug-likeness (QED) is 0.185. The molecule has 1 atom stereocenters. The zero-order valence-corrected chi connectivity index (χ0v) is 29.8. The van der Waals surface area contributed by atoms with E-state index in [0.29, 0.717) is 17.2 Å². The molecule has 0 spiro atoms. The van der Waals surface area contributed by atoms with Gasteiger partial charge in [0.2, 0.25) is 11.8 Å². The summed E-state index contributed by atoms with van der Waals surface area (Å²) < 4.78 is 123. The van der Waals surface area contributed by atoms with Crippen molar-refractivity contribution in [2.24, 2.45) is 0 Å². The Morgan fingerprint density at radius 1 is 1.04 bits per heavy atom. The van der Waals surface area contributed by atoms with Gasteiger partial charge in [0, 0.05) is 23.8 Å². The number of ether oxygens (including phenoxy) is 2. The van der Waals surface area contributed by atoms with Crippen LogP contribution in [-0.4, -0.2) is 59.9 Å². The SMILES string of the molecule is CC(C)(C)OC(=O)NC1CC(F)(F)c2cc(F)c(-c3nnc(C(C)(C)S(C)(=O)=O)o3)cc2N(Cc2ccc(-c3ccc(OC(F)(F)F)cn3)cc2)C1=O. The zero-order valence-electron chi connectivity index (χ0n) is 29.0. The fourth-order valence-corrected chi connectivity index (χ4v) is 5.57. The number of hydrogen-bond acceptors (Lipinski definition) is 10. The van der Waals surface area contributed by atoms with Crippen molar-refractivity contribution < 1.29 is 58.2 Å². The second-order valence-electron chi connectivity index (χ2n) is 13.7. The third-order valence-electron chi connectivity index (χ3n) is 8.14. The predicted octanol–water partition coefficient (Wildman–Crippen LogP) is 7.04. The van der Waals surface area contributed by atoms with E-state index in [1.54, 1.807) is 0 Å². The first kappa shape index (κ1) is 39.0. The van der Waals surface area contributed by atoms with Crippen molar-refractivity contribution in [1.82, 2.24) is 20.5 Å². The molecule has 1 aliphatic heterocycles. The Bertz CT molecular complexity index is 2130. The minimum atomic E-state index is -4.91. The van der Waals surface area contributed by atoms with Crippen molar-refractivity contribution in [2.45, 2.75) is 76.3 Å². The molecule has 0 aliphatic carbocycles.